The van der Waals surface area contributed by atoms with Crippen molar-refractivity contribution in [2.45, 2.75) is 79.2 Å². The minimum Gasteiger partial charge on any atom is -0.508 e. The number of hydrogen-bond acceptors (Lipinski definition) is 2. The van der Waals surface area contributed by atoms with Crippen molar-refractivity contribution in [1.29, 1.82) is 0 Å². The molecule has 1 unspecified atom stereocenters. The van der Waals surface area contributed by atoms with Gasteiger partial charge in [0, 0.05) is 0 Å². The predicted molar refractivity (Wildman–Crippen MR) is 117 cm³/mol. The van der Waals surface area contributed by atoms with E-state index in [4.69, 9.17) is 0 Å². The summed E-state index contributed by atoms with van der Waals surface area (Å²) in [5.74, 6) is 3.30. The molecular formula is C26H40O2. The molecule has 1 aromatic carbocycles. The molecule has 0 heterocycles. The minimum atomic E-state index is -0.170. The Hall–Kier alpha value is -1.28. The Morgan fingerprint density at radius 1 is 1.14 bits per heavy atom. The Bertz CT molecular complexity index is 692. The van der Waals surface area contributed by atoms with E-state index in [1.165, 1.54) is 24.0 Å². The average Bonchev–Trinajstić information content (AvgIpc) is 2.99. The molecule has 2 saturated carbocycles. The maximum absolute atomic E-state index is 10.9. The van der Waals surface area contributed by atoms with Crippen molar-refractivity contribution in [1.82, 2.24) is 0 Å². The summed E-state index contributed by atoms with van der Waals surface area (Å²) in [6.07, 6.45) is 11.2. The Kier molecular flexibility index (Phi) is 6.59. The van der Waals surface area contributed by atoms with Gasteiger partial charge in [-0.3, -0.25) is 0 Å². The van der Waals surface area contributed by atoms with E-state index in [2.05, 4.69) is 46.8 Å². The highest BCUT2D eigenvalue weighted by atomic mass is 16.3. The van der Waals surface area contributed by atoms with Crippen molar-refractivity contribution in [3.63, 3.8) is 0 Å². The predicted octanol–water partition coefficient (Wildman–Crippen LogP) is 6.28. The first-order valence-electron chi connectivity index (χ1n) is 11.4. The van der Waals surface area contributed by atoms with Crippen LogP contribution in [-0.2, 0) is 6.42 Å². The topological polar surface area (TPSA) is 40.5 Å². The van der Waals surface area contributed by atoms with Gasteiger partial charge in [-0.05, 0) is 104 Å². The second-order valence-electron chi connectivity index (χ2n) is 10.2. The van der Waals surface area contributed by atoms with Crippen molar-refractivity contribution in [3.05, 3.63) is 41.5 Å². The van der Waals surface area contributed by atoms with Gasteiger partial charge in [0.1, 0.15) is 5.75 Å². The molecule has 0 aromatic heterocycles. The average molecular weight is 385 g/mol. The van der Waals surface area contributed by atoms with Crippen LogP contribution in [0.25, 0.3) is 0 Å². The van der Waals surface area contributed by atoms with Crippen LogP contribution in [0.15, 0.2) is 30.4 Å². The van der Waals surface area contributed by atoms with E-state index >= 15 is 0 Å². The van der Waals surface area contributed by atoms with E-state index in [-0.39, 0.29) is 6.10 Å². The smallest absolute Gasteiger partial charge is 0.115 e. The molecule has 0 spiro atoms. The van der Waals surface area contributed by atoms with Gasteiger partial charge in [0.2, 0.25) is 0 Å². The summed E-state index contributed by atoms with van der Waals surface area (Å²) in [4.78, 5) is 0. The number of phenols is 1. The summed E-state index contributed by atoms with van der Waals surface area (Å²) < 4.78 is 0. The third-order valence-electron chi connectivity index (χ3n) is 7.99. The molecule has 2 N–H and O–H groups in total. The van der Waals surface area contributed by atoms with Crippen LogP contribution in [0, 0.1) is 41.9 Å². The first-order chi connectivity index (χ1) is 13.2. The van der Waals surface area contributed by atoms with Crippen molar-refractivity contribution in [2.24, 2.45) is 35.0 Å². The van der Waals surface area contributed by atoms with Gasteiger partial charge in [-0.15, -0.1) is 0 Å². The molecule has 156 valence electrons. The van der Waals surface area contributed by atoms with Crippen LogP contribution in [-0.4, -0.2) is 16.3 Å². The van der Waals surface area contributed by atoms with Gasteiger partial charge >= 0.3 is 0 Å². The van der Waals surface area contributed by atoms with Gasteiger partial charge in [-0.1, -0.05) is 45.9 Å². The zero-order valence-electron chi connectivity index (χ0n) is 18.5. The van der Waals surface area contributed by atoms with Crippen molar-refractivity contribution in [3.8, 4) is 5.75 Å². The number of fused-ring (bicyclic) bond motifs is 1. The van der Waals surface area contributed by atoms with E-state index in [0.29, 0.717) is 34.8 Å². The number of aliphatic hydroxyl groups excluding tert-OH is 1. The molecule has 2 aliphatic rings. The van der Waals surface area contributed by atoms with Gasteiger partial charge in [0.25, 0.3) is 0 Å². The molecule has 0 amide bonds. The number of hydrogen-bond donors (Lipinski definition) is 2. The lowest BCUT2D eigenvalue weighted by atomic mass is 9.58. The molecule has 2 fully saturated rings. The van der Waals surface area contributed by atoms with Gasteiger partial charge in [-0.2, -0.15) is 0 Å². The highest BCUT2D eigenvalue weighted by Gasteiger charge is 2.54. The van der Waals surface area contributed by atoms with Crippen molar-refractivity contribution in [2.75, 3.05) is 0 Å². The standard InChI is InChI=1S/C26H40O2/c1-17(2)6-7-19(4)23-12-13-24-22(25(28)14-15-26(23,24)5)11-9-20-16-21(27)10-8-18(20)3/h6-8,10,16-17,19,22-25,27-28H,9,11-15H2,1-5H3/b7-6+/t19?,22-,23+,24-,25+,26+/m0/s1. The number of aliphatic hydroxyl groups is 1. The monoisotopic (exact) mass is 384 g/mol. The Balaban J connectivity index is 1.74. The van der Waals surface area contributed by atoms with Crippen LogP contribution in [0.5, 0.6) is 5.75 Å². The Morgan fingerprint density at radius 3 is 2.61 bits per heavy atom. The molecule has 28 heavy (non-hydrogen) atoms. The fourth-order valence-corrected chi connectivity index (χ4v) is 6.35. The molecule has 0 aliphatic heterocycles. The number of benzene rings is 1. The number of rotatable bonds is 6. The van der Waals surface area contributed by atoms with E-state index in [0.717, 1.165) is 31.6 Å². The van der Waals surface area contributed by atoms with Crippen molar-refractivity contribution >= 4 is 0 Å². The van der Waals surface area contributed by atoms with Crippen LogP contribution < -0.4 is 0 Å². The maximum atomic E-state index is 10.9. The minimum absolute atomic E-state index is 0.170. The fraction of sp³-hybridized carbons (Fsp3) is 0.692. The zero-order chi connectivity index (χ0) is 20.5. The van der Waals surface area contributed by atoms with Crippen LogP contribution in [0.2, 0.25) is 0 Å². The Morgan fingerprint density at radius 2 is 1.89 bits per heavy atom. The second-order valence-corrected chi connectivity index (χ2v) is 10.2. The molecule has 0 saturated heterocycles. The molecule has 3 rings (SSSR count). The molecule has 0 bridgehead atoms. The van der Waals surface area contributed by atoms with Gasteiger partial charge < -0.3 is 10.2 Å². The summed E-state index contributed by atoms with van der Waals surface area (Å²) in [6.45, 7) is 11.5. The first kappa shape index (κ1) is 21.4. The third-order valence-corrected chi connectivity index (χ3v) is 7.99. The van der Waals surface area contributed by atoms with E-state index in [9.17, 15) is 10.2 Å². The highest BCUT2D eigenvalue weighted by Crippen LogP contribution is 2.60. The van der Waals surface area contributed by atoms with E-state index < -0.39 is 0 Å². The van der Waals surface area contributed by atoms with Gasteiger partial charge in [0.15, 0.2) is 0 Å². The summed E-state index contributed by atoms with van der Waals surface area (Å²) in [6, 6.07) is 5.67. The molecule has 1 aromatic rings. The van der Waals surface area contributed by atoms with E-state index in [1.807, 2.05) is 12.1 Å². The third kappa shape index (κ3) is 4.32. The number of aryl methyl sites for hydroxylation is 2. The zero-order valence-corrected chi connectivity index (χ0v) is 18.5. The molecule has 2 nitrogen and oxygen atoms in total. The normalized spacial score (nSPS) is 34.1. The summed E-state index contributed by atoms with van der Waals surface area (Å²) >= 11 is 0. The summed E-state index contributed by atoms with van der Waals surface area (Å²) in [5.41, 5.74) is 2.81. The first-order valence-corrected chi connectivity index (χ1v) is 11.4. The van der Waals surface area contributed by atoms with Crippen LogP contribution >= 0.6 is 0 Å². The summed E-state index contributed by atoms with van der Waals surface area (Å²) in [5, 5.41) is 20.7. The number of allylic oxidation sites excluding steroid dienone is 2. The lowest BCUT2D eigenvalue weighted by Crippen LogP contribution is -2.45. The number of phenolic OH excluding ortho intramolecular Hbond substituents is 1. The van der Waals surface area contributed by atoms with Crippen molar-refractivity contribution < 1.29 is 10.2 Å². The van der Waals surface area contributed by atoms with Crippen LogP contribution in [0.4, 0.5) is 0 Å². The van der Waals surface area contributed by atoms with Gasteiger partial charge in [-0.25, -0.2) is 0 Å². The van der Waals surface area contributed by atoms with Gasteiger partial charge in [0.05, 0.1) is 6.10 Å². The number of aromatic hydroxyl groups is 1. The molecule has 2 aliphatic carbocycles. The lowest BCUT2D eigenvalue weighted by molar-refractivity contribution is -0.0493. The molecule has 0 radical (unpaired) electrons. The maximum Gasteiger partial charge on any atom is 0.115 e. The molecule has 2 heteroatoms. The van der Waals surface area contributed by atoms with Crippen LogP contribution in [0.3, 0.4) is 0 Å². The fourth-order valence-electron chi connectivity index (χ4n) is 6.35. The van der Waals surface area contributed by atoms with Crippen LogP contribution in [0.1, 0.15) is 70.9 Å². The molecular weight excluding hydrogens is 344 g/mol. The van der Waals surface area contributed by atoms with E-state index in [1.54, 1.807) is 6.07 Å². The SMILES string of the molecule is Cc1ccc(O)cc1CC[C@@H]1[C@H](O)CC[C@]2(C)[C@@H](C(C)/C=C/C(C)C)CC[C@@H]12. The molecule has 6 atom stereocenters. The lowest BCUT2D eigenvalue weighted by Gasteiger charge is -2.48. The summed E-state index contributed by atoms with van der Waals surface area (Å²) in [7, 11) is 0. The quantitative estimate of drug-likeness (QED) is 0.566. The Labute approximate surface area is 172 Å². The second kappa shape index (κ2) is 8.61. The highest BCUT2D eigenvalue weighted by molar-refractivity contribution is 5.34. The largest absolute Gasteiger partial charge is 0.508 e.